The van der Waals surface area contributed by atoms with Crippen molar-refractivity contribution in [2.75, 3.05) is 20.1 Å². The average Bonchev–Trinajstić information content (AvgIpc) is 2.91. The maximum Gasteiger partial charge on any atom is 0.232 e. The Hall–Kier alpha value is -0.770. The second-order valence-corrected chi connectivity index (χ2v) is 6.13. The van der Waals surface area contributed by atoms with E-state index in [9.17, 15) is 4.79 Å². The summed E-state index contributed by atoms with van der Waals surface area (Å²) < 4.78 is 0. The fourth-order valence-electron chi connectivity index (χ4n) is 2.57. The van der Waals surface area contributed by atoms with Crippen LogP contribution in [0.4, 0.5) is 0 Å². The Morgan fingerprint density at radius 3 is 2.45 bits per heavy atom. The number of amides is 1. The number of likely N-dealkylation sites (N-methyl/N-ethyl adjacent to an activating group) is 1. The van der Waals surface area contributed by atoms with Crippen molar-refractivity contribution in [1.82, 2.24) is 10.2 Å². The minimum atomic E-state index is -0.526. The van der Waals surface area contributed by atoms with Crippen LogP contribution in [0.3, 0.4) is 0 Å². The molecule has 1 saturated heterocycles. The van der Waals surface area contributed by atoms with E-state index >= 15 is 0 Å². The SMILES string of the molecule is CN(C(=O)C(C)(C)c1ccc(Cl)cc1)C1CCNC1.Cl. The van der Waals surface area contributed by atoms with Gasteiger partial charge in [-0.1, -0.05) is 23.7 Å². The molecule has 20 heavy (non-hydrogen) atoms. The van der Waals surface area contributed by atoms with E-state index in [1.54, 1.807) is 0 Å². The summed E-state index contributed by atoms with van der Waals surface area (Å²) in [4.78, 5) is 14.6. The molecule has 1 amide bonds. The highest BCUT2D eigenvalue weighted by Gasteiger charge is 2.35. The van der Waals surface area contributed by atoms with Crippen molar-refractivity contribution in [2.45, 2.75) is 31.7 Å². The normalized spacial score (nSPS) is 18.5. The Labute approximate surface area is 132 Å². The lowest BCUT2D eigenvalue weighted by molar-refractivity contribution is -0.136. The minimum Gasteiger partial charge on any atom is -0.341 e. The molecule has 1 aromatic rings. The summed E-state index contributed by atoms with van der Waals surface area (Å²) in [6.07, 6.45) is 1.03. The third-order valence-corrected chi connectivity index (χ3v) is 4.25. The molecule has 1 heterocycles. The third kappa shape index (κ3) is 3.46. The molecule has 1 aliphatic heterocycles. The van der Waals surface area contributed by atoms with Gasteiger partial charge in [-0.2, -0.15) is 0 Å². The summed E-state index contributed by atoms with van der Waals surface area (Å²) in [7, 11) is 1.90. The molecule has 1 atom stereocenters. The quantitative estimate of drug-likeness (QED) is 0.930. The second kappa shape index (κ2) is 6.79. The van der Waals surface area contributed by atoms with Gasteiger partial charge in [-0.05, 0) is 44.5 Å². The van der Waals surface area contributed by atoms with Gasteiger partial charge in [0.05, 0.1) is 5.41 Å². The first-order valence-corrected chi connectivity index (χ1v) is 7.05. The number of halogens is 2. The van der Waals surface area contributed by atoms with Crippen LogP contribution < -0.4 is 5.32 Å². The highest BCUT2D eigenvalue weighted by molar-refractivity contribution is 6.30. The molecule has 0 aromatic heterocycles. The lowest BCUT2D eigenvalue weighted by atomic mass is 9.83. The van der Waals surface area contributed by atoms with Gasteiger partial charge < -0.3 is 10.2 Å². The standard InChI is InChI=1S/C15H21ClN2O.ClH/c1-15(2,11-4-6-12(16)7-5-11)14(19)18(3)13-8-9-17-10-13;/h4-7,13,17H,8-10H2,1-3H3;1H. The number of rotatable bonds is 3. The molecule has 112 valence electrons. The van der Waals surface area contributed by atoms with Crippen LogP contribution in [0.15, 0.2) is 24.3 Å². The molecule has 0 radical (unpaired) electrons. The van der Waals surface area contributed by atoms with Crippen LogP contribution in [0.5, 0.6) is 0 Å². The van der Waals surface area contributed by atoms with Gasteiger partial charge >= 0.3 is 0 Å². The van der Waals surface area contributed by atoms with Crippen molar-refractivity contribution in [2.24, 2.45) is 0 Å². The van der Waals surface area contributed by atoms with Gasteiger partial charge in [-0.15, -0.1) is 12.4 Å². The summed E-state index contributed by atoms with van der Waals surface area (Å²) in [6.45, 7) is 5.82. The molecule has 3 nitrogen and oxygen atoms in total. The van der Waals surface area contributed by atoms with Crippen LogP contribution in [0.25, 0.3) is 0 Å². The molecule has 1 aliphatic rings. The van der Waals surface area contributed by atoms with Gasteiger partial charge in [-0.3, -0.25) is 4.79 Å². The maximum absolute atomic E-state index is 12.7. The zero-order chi connectivity index (χ0) is 14.0. The molecule has 1 N–H and O–H groups in total. The summed E-state index contributed by atoms with van der Waals surface area (Å²) in [5.74, 6) is 0.156. The fraction of sp³-hybridized carbons (Fsp3) is 0.533. The first-order chi connectivity index (χ1) is 8.93. The van der Waals surface area contributed by atoms with E-state index < -0.39 is 5.41 Å². The lowest BCUT2D eigenvalue weighted by Gasteiger charge is -2.33. The Balaban J connectivity index is 0.00000200. The first kappa shape index (κ1) is 17.3. The molecule has 1 unspecified atom stereocenters. The van der Waals surface area contributed by atoms with Gasteiger partial charge in [0, 0.05) is 24.7 Å². The Kier molecular flexibility index (Phi) is 5.87. The van der Waals surface area contributed by atoms with E-state index in [0.29, 0.717) is 11.1 Å². The smallest absolute Gasteiger partial charge is 0.232 e. The Bertz CT molecular complexity index is 453. The van der Waals surface area contributed by atoms with Crippen LogP contribution >= 0.6 is 24.0 Å². The summed E-state index contributed by atoms with van der Waals surface area (Å²) in [5, 5.41) is 3.99. The number of hydrogen-bond acceptors (Lipinski definition) is 2. The number of carbonyl (C=O) groups excluding carboxylic acids is 1. The number of hydrogen-bond donors (Lipinski definition) is 1. The van der Waals surface area contributed by atoms with Crippen LogP contribution in [-0.4, -0.2) is 37.0 Å². The van der Waals surface area contributed by atoms with Crippen LogP contribution in [0.2, 0.25) is 5.02 Å². The van der Waals surface area contributed by atoms with Crippen molar-refractivity contribution in [1.29, 1.82) is 0 Å². The van der Waals surface area contributed by atoms with Gasteiger partial charge in [0.2, 0.25) is 5.91 Å². The van der Waals surface area contributed by atoms with Crippen molar-refractivity contribution in [3.05, 3.63) is 34.9 Å². The van der Waals surface area contributed by atoms with Crippen LogP contribution in [0, 0.1) is 0 Å². The highest BCUT2D eigenvalue weighted by atomic mass is 35.5. The topological polar surface area (TPSA) is 32.3 Å². The Morgan fingerprint density at radius 2 is 1.95 bits per heavy atom. The van der Waals surface area contributed by atoms with Crippen LogP contribution in [0.1, 0.15) is 25.8 Å². The molecular weight excluding hydrogens is 295 g/mol. The molecule has 1 aromatic carbocycles. The predicted molar refractivity (Wildman–Crippen MR) is 85.8 cm³/mol. The highest BCUT2D eigenvalue weighted by Crippen LogP contribution is 2.27. The molecule has 1 fully saturated rings. The van der Waals surface area contributed by atoms with E-state index in [0.717, 1.165) is 25.1 Å². The van der Waals surface area contributed by atoms with Crippen molar-refractivity contribution in [3.63, 3.8) is 0 Å². The molecule has 5 heteroatoms. The molecule has 0 bridgehead atoms. The second-order valence-electron chi connectivity index (χ2n) is 5.69. The number of carbonyl (C=O) groups is 1. The zero-order valence-corrected chi connectivity index (χ0v) is 13.7. The van der Waals surface area contributed by atoms with E-state index in [-0.39, 0.29) is 18.3 Å². The van der Waals surface area contributed by atoms with E-state index in [2.05, 4.69) is 5.32 Å². The summed E-state index contributed by atoms with van der Waals surface area (Å²) in [6, 6.07) is 7.84. The number of nitrogens with zero attached hydrogens (tertiary/aromatic N) is 1. The predicted octanol–water partition coefficient (Wildman–Crippen LogP) is 2.86. The van der Waals surface area contributed by atoms with Crippen molar-refractivity contribution < 1.29 is 4.79 Å². The fourth-order valence-corrected chi connectivity index (χ4v) is 2.69. The number of nitrogens with one attached hydrogen (secondary N) is 1. The molecule has 2 rings (SSSR count). The minimum absolute atomic E-state index is 0. The Morgan fingerprint density at radius 1 is 1.35 bits per heavy atom. The van der Waals surface area contributed by atoms with Crippen molar-refractivity contribution >= 4 is 29.9 Å². The average molecular weight is 317 g/mol. The van der Waals surface area contributed by atoms with Crippen LogP contribution in [-0.2, 0) is 10.2 Å². The largest absolute Gasteiger partial charge is 0.341 e. The van der Waals surface area contributed by atoms with Gasteiger partial charge in [0.15, 0.2) is 0 Å². The van der Waals surface area contributed by atoms with Gasteiger partial charge in [-0.25, -0.2) is 0 Å². The lowest BCUT2D eigenvalue weighted by Crippen LogP contribution is -2.47. The monoisotopic (exact) mass is 316 g/mol. The van der Waals surface area contributed by atoms with Crippen molar-refractivity contribution in [3.8, 4) is 0 Å². The number of benzene rings is 1. The molecule has 0 spiro atoms. The summed E-state index contributed by atoms with van der Waals surface area (Å²) >= 11 is 5.90. The van der Waals surface area contributed by atoms with E-state index in [1.807, 2.05) is 50.1 Å². The third-order valence-electron chi connectivity index (χ3n) is 4.00. The van der Waals surface area contributed by atoms with E-state index in [1.165, 1.54) is 0 Å². The zero-order valence-electron chi connectivity index (χ0n) is 12.1. The molecular formula is C15H22Cl2N2O. The first-order valence-electron chi connectivity index (χ1n) is 6.67. The molecule has 0 aliphatic carbocycles. The van der Waals surface area contributed by atoms with E-state index in [4.69, 9.17) is 11.6 Å². The maximum atomic E-state index is 12.7. The van der Waals surface area contributed by atoms with Gasteiger partial charge in [0.25, 0.3) is 0 Å². The molecule has 0 saturated carbocycles. The summed E-state index contributed by atoms with van der Waals surface area (Å²) in [5.41, 5.74) is 0.474. The van der Waals surface area contributed by atoms with Gasteiger partial charge in [0.1, 0.15) is 0 Å².